The predicted octanol–water partition coefficient (Wildman–Crippen LogP) is 2.35. The quantitative estimate of drug-likeness (QED) is 0.831. The zero-order valence-electron chi connectivity index (χ0n) is 10.7. The minimum absolute atomic E-state index is 0.192. The normalized spacial score (nSPS) is 13.5. The molecule has 0 radical (unpaired) electrons. The van der Waals surface area contributed by atoms with Gasteiger partial charge >= 0.3 is 0 Å². The van der Waals surface area contributed by atoms with E-state index in [0.29, 0.717) is 0 Å². The van der Waals surface area contributed by atoms with Gasteiger partial charge in [-0.2, -0.15) is 0 Å². The van der Waals surface area contributed by atoms with Crippen LogP contribution in [0.2, 0.25) is 0 Å². The predicted molar refractivity (Wildman–Crippen MR) is 63.3 cm³/mol. The first-order valence-corrected chi connectivity index (χ1v) is 4.84. The van der Waals surface area contributed by atoms with Gasteiger partial charge in [-0.05, 0) is 41.4 Å². The number of methoxy groups -OCH3 is 1. The van der Waals surface area contributed by atoms with Crippen LogP contribution >= 0.6 is 0 Å². The highest BCUT2D eigenvalue weighted by atomic mass is 16.5. The molecule has 2 aromatic rings. The van der Waals surface area contributed by atoms with Gasteiger partial charge in [0.25, 0.3) is 0 Å². The standard InChI is InChI=1S/C13H15NO/c1-15-12-6-5-10-3-2-4-11(7-8-14)13(10)9-12/h2-6,9H,7-8,14H2,1H3/i8D2. The van der Waals surface area contributed by atoms with Crippen LogP contribution in [0, 0.1) is 0 Å². The summed E-state index contributed by atoms with van der Waals surface area (Å²) in [6.45, 7) is -1.70. The summed E-state index contributed by atoms with van der Waals surface area (Å²) in [6, 6.07) is 11.6. The molecule has 0 heterocycles. The third-order valence-corrected chi connectivity index (χ3v) is 2.47. The van der Waals surface area contributed by atoms with E-state index in [1.165, 1.54) is 0 Å². The Bertz CT molecular complexity index is 534. The van der Waals surface area contributed by atoms with E-state index in [4.69, 9.17) is 13.2 Å². The lowest BCUT2D eigenvalue weighted by molar-refractivity contribution is 0.415. The van der Waals surface area contributed by atoms with Crippen molar-refractivity contribution in [3.63, 3.8) is 0 Å². The highest BCUT2D eigenvalue weighted by Crippen LogP contribution is 2.24. The van der Waals surface area contributed by atoms with Gasteiger partial charge in [-0.3, -0.25) is 0 Å². The lowest BCUT2D eigenvalue weighted by atomic mass is 10.0. The SMILES string of the molecule is [2H]C([2H])(N)Cc1cccc2ccc(OC)cc12. The van der Waals surface area contributed by atoms with Crippen LogP contribution in [0.25, 0.3) is 10.8 Å². The number of hydrogen-bond donors (Lipinski definition) is 1. The van der Waals surface area contributed by atoms with Crippen molar-refractivity contribution in [2.45, 2.75) is 6.42 Å². The zero-order valence-corrected chi connectivity index (χ0v) is 8.66. The van der Waals surface area contributed by atoms with Gasteiger partial charge in [0.05, 0.1) is 7.11 Å². The molecule has 2 nitrogen and oxygen atoms in total. The number of ether oxygens (including phenoxy) is 1. The van der Waals surface area contributed by atoms with Crippen LogP contribution in [-0.4, -0.2) is 13.6 Å². The van der Waals surface area contributed by atoms with Gasteiger partial charge in [-0.25, -0.2) is 0 Å². The first kappa shape index (κ1) is 7.71. The molecule has 0 spiro atoms. The summed E-state index contributed by atoms with van der Waals surface area (Å²) < 4.78 is 20.1. The second-order valence-electron chi connectivity index (χ2n) is 3.39. The molecule has 78 valence electrons. The molecule has 0 aromatic heterocycles. The maximum Gasteiger partial charge on any atom is 0.119 e. The Morgan fingerprint density at radius 2 is 2.20 bits per heavy atom. The fourth-order valence-electron chi connectivity index (χ4n) is 1.71. The number of aryl methyl sites for hydroxylation is 1. The van der Waals surface area contributed by atoms with Crippen molar-refractivity contribution in [2.24, 2.45) is 5.73 Å². The van der Waals surface area contributed by atoms with Crippen LogP contribution in [0.5, 0.6) is 5.75 Å². The fourth-order valence-corrected chi connectivity index (χ4v) is 1.71. The molecule has 0 unspecified atom stereocenters. The molecule has 0 aliphatic heterocycles. The minimum atomic E-state index is -1.70. The molecular weight excluding hydrogens is 186 g/mol. The van der Waals surface area contributed by atoms with Gasteiger partial charge in [0.2, 0.25) is 0 Å². The molecule has 2 N–H and O–H groups in total. The summed E-state index contributed by atoms with van der Waals surface area (Å²) in [6.07, 6.45) is 0.192. The van der Waals surface area contributed by atoms with Gasteiger partial charge in [-0.1, -0.05) is 24.3 Å². The summed E-state index contributed by atoms with van der Waals surface area (Å²) in [4.78, 5) is 0. The molecule has 0 aliphatic rings. The van der Waals surface area contributed by atoms with Crippen molar-refractivity contribution in [3.8, 4) is 5.75 Å². The average molecular weight is 203 g/mol. The van der Waals surface area contributed by atoms with Crippen molar-refractivity contribution in [2.75, 3.05) is 13.6 Å². The lowest BCUT2D eigenvalue weighted by Gasteiger charge is -2.07. The number of fused-ring (bicyclic) bond motifs is 1. The van der Waals surface area contributed by atoms with E-state index in [2.05, 4.69) is 0 Å². The Morgan fingerprint density at radius 3 is 2.93 bits per heavy atom. The van der Waals surface area contributed by atoms with E-state index < -0.39 is 6.50 Å². The molecule has 0 amide bonds. The lowest BCUT2D eigenvalue weighted by Crippen LogP contribution is -2.03. The van der Waals surface area contributed by atoms with E-state index in [1.54, 1.807) is 7.11 Å². The minimum Gasteiger partial charge on any atom is -0.497 e. The fraction of sp³-hybridized carbons (Fsp3) is 0.231. The van der Waals surface area contributed by atoms with E-state index in [-0.39, 0.29) is 6.42 Å². The molecule has 0 fully saturated rings. The van der Waals surface area contributed by atoms with Gasteiger partial charge in [-0.15, -0.1) is 0 Å². The topological polar surface area (TPSA) is 35.2 Å². The summed E-state index contributed by atoms with van der Waals surface area (Å²) in [5, 5.41) is 2.05. The summed E-state index contributed by atoms with van der Waals surface area (Å²) in [5.41, 5.74) is 6.33. The van der Waals surface area contributed by atoms with Crippen molar-refractivity contribution in [3.05, 3.63) is 42.0 Å². The summed E-state index contributed by atoms with van der Waals surface area (Å²) in [5.74, 6) is 0.766. The highest BCUT2D eigenvalue weighted by molar-refractivity contribution is 5.87. The van der Waals surface area contributed by atoms with Crippen molar-refractivity contribution in [1.29, 1.82) is 0 Å². The van der Waals surface area contributed by atoms with Crippen LogP contribution in [0.15, 0.2) is 36.4 Å². The molecule has 15 heavy (non-hydrogen) atoms. The largest absolute Gasteiger partial charge is 0.497 e. The zero-order chi connectivity index (χ0) is 12.5. The van der Waals surface area contributed by atoms with Gasteiger partial charge in [0.15, 0.2) is 0 Å². The third kappa shape index (κ3) is 1.95. The Balaban J connectivity index is 2.54. The Kier molecular flexibility index (Phi) is 2.22. The molecular formula is C13H15NO. The monoisotopic (exact) mass is 203 g/mol. The van der Waals surface area contributed by atoms with E-state index in [0.717, 1.165) is 22.1 Å². The molecule has 0 aliphatic carbocycles. The highest BCUT2D eigenvalue weighted by Gasteiger charge is 2.01. The first-order chi connectivity index (χ1) is 7.99. The van der Waals surface area contributed by atoms with E-state index >= 15 is 0 Å². The Morgan fingerprint density at radius 1 is 1.33 bits per heavy atom. The van der Waals surface area contributed by atoms with Gasteiger partial charge < -0.3 is 10.5 Å². The van der Waals surface area contributed by atoms with Crippen LogP contribution in [-0.2, 0) is 6.42 Å². The molecule has 0 atom stereocenters. The van der Waals surface area contributed by atoms with Crippen molar-refractivity contribution < 1.29 is 7.48 Å². The summed E-state index contributed by atoms with van der Waals surface area (Å²) in [7, 11) is 1.62. The smallest absolute Gasteiger partial charge is 0.119 e. The number of nitrogens with two attached hydrogens (primary N) is 1. The molecule has 0 saturated heterocycles. The van der Waals surface area contributed by atoms with Gasteiger partial charge in [0.1, 0.15) is 5.75 Å². The second-order valence-corrected chi connectivity index (χ2v) is 3.39. The number of hydrogen-bond acceptors (Lipinski definition) is 2. The van der Waals surface area contributed by atoms with E-state index in [9.17, 15) is 0 Å². The van der Waals surface area contributed by atoms with Crippen LogP contribution < -0.4 is 10.5 Å². The Labute approximate surface area is 92.5 Å². The van der Waals surface area contributed by atoms with Crippen molar-refractivity contribution >= 4 is 10.8 Å². The maximum absolute atomic E-state index is 7.46. The van der Waals surface area contributed by atoms with Crippen LogP contribution in [0.4, 0.5) is 0 Å². The number of benzene rings is 2. The second kappa shape index (κ2) is 4.32. The van der Waals surface area contributed by atoms with E-state index in [1.807, 2.05) is 36.4 Å². The molecule has 0 saturated carbocycles. The molecule has 2 heteroatoms. The third-order valence-electron chi connectivity index (χ3n) is 2.47. The summed E-state index contributed by atoms with van der Waals surface area (Å²) >= 11 is 0. The van der Waals surface area contributed by atoms with Crippen molar-refractivity contribution in [1.82, 2.24) is 0 Å². The number of rotatable bonds is 3. The first-order valence-electron chi connectivity index (χ1n) is 5.84. The molecule has 2 aromatic carbocycles. The van der Waals surface area contributed by atoms with Crippen LogP contribution in [0.1, 0.15) is 8.30 Å². The molecule has 0 bridgehead atoms. The Hall–Kier alpha value is -1.54. The average Bonchev–Trinajstić information content (AvgIpc) is 2.27. The van der Waals surface area contributed by atoms with Gasteiger partial charge in [0, 0.05) is 2.74 Å². The van der Waals surface area contributed by atoms with Crippen LogP contribution in [0.3, 0.4) is 0 Å². The molecule has 2 rings (SSSR count). The maximum atomic E-state index is 7.46.